The van der Waals surface area contributed by atoms with E-state index < -0.39 is 5.56 Å². The number of rotatable bonds is 15. The third kappa shape index (κ3) is 7.97. The van der Waals surface area contributed by atoms with Gasteiger partial charge in [0, 0.05) is 11.6 Å². The second kappa shape index (κ2) is 16.2. The fourth-order valence-electron chi connectivity index (χ4n) is 5.89. The maximum absolute atomic E-state index is 13.2. The van der Waals surface area contributed by atoms with Gasteiger partial charge in [0.05, 0.1) is 40.0 Å². The molecule has 7 rings (SSSR count). The number of benzene rings is 5. The molecule has 0 saturated carbocycles. The Morgan fingerprint density at radius 2 is 1.17 bits per heavy atom. The fourth-order valence-corrected chi connectivity index (χ4v) is 5.89. The third-order valence-electron chi connectivity index (χ3n) is 8.78. The number of nitrogens with zero attached hydrogens (tertiary/aromatic N) is 4. The fraction of sp³-hybridized carbons (Fsp3) is 0.190. The largest absolute Gasteiger partial charge is 0.497 e. The number of fused-ring (bicyclic) bond motifs is 1. The number of H-pyrrole nitrogens is 1. The van der Waals surface area contributed by atoms with Gasteiger partial charge in [-0.25, -0.2) is 9.67 Å². The summed E-state index contributed by atoms with van der Waals surface area (Å²) in [7, 11) is 4.90. The number of aromatic amines is 1. The van der Waals surface area contributed by atoms with Gasteiger partial charge >= 0.3 is 0 Å². The van der Waals surface area contributed by atoms with Gasteiger partial charge in [-0.1, -0.05) is 47.7 Å². The van der Waals surface area contributed by atoms with Gasteiger partial charge in [-0.3, -0.25) is 4.79 Å². The summed E-state index contributed by atoms with van der Waals surface area (Å²) in [6.45, 7) is 3.35. The Morgan fingerprint density at radius 1 is 0.611 bits per heavy atom. The predicted molar refractivity (Wildman–Crippen MR) is 205 cm³/mol. The molecule has 2 aromatic heterocycles. The summed E-state index contributed by atoms with van der Waals surface area (Å²) in [4.78, 5) is 20.9. The Kier molecular flexibility index (Phi) is 10.7. The molecule has 274 valence electrons. The zero-order valence-electron chi connectivity index (χ0n) is 30.4. The zero-order valence-corrected chi connectivity index (χ0v) is 30.4. The van der Waals surface area contributed by atoms with E-state index in [1.165, 1.54) is 0 Å². The van der Waals surface area contributed by atoms with Gasteiger partial charge in [0.15, 0.2) is 11.2 Å². The quantitative estimate of drug-likeness (QED) is 0.114. The standard InChI is InChI=1S/C42H39N5O7/c1-5-52-37-22-30(12-20-36(37)40-43-41-39(42(48)44-40)45-46-47(41)24-27-6-13-31(49-2)14-7-27)35-21-19-34(53-25-28-8-15-32(50-3)16-9-28)23-38(35)54-26-29-10-17-33(51-4)18-11-29/h6-23H,5,24-26H2,1-4H3,(H,43,44,48). The van der Waals surface area contributed by atoms with Crippen molar-refractivity contribution in [2.24, 2.45) is 0 Å². The second-order valence-electron chi connectivity index (χ2n) is 12.3. The molecule has 0 radical (unpaired) electrons. The highest BCUT2D eigenvalue weighted by Gasteiger charge is 2.18. The van der Waals surface area contributed by atoms with Crippen LogP contribution in [0.25, 0.3) is 33.7 Å². The van der Waals surface area contributed by atoms with E-state index in [4.69, 9.17) is 33.4 Å². The molecule has 0 aliphatic heterocycles. The molecule has 5 aromatic carbocycles. The summed E-state index contributed by atoms with van der Waals surface area (Å²) < 4.78 is 36.3. The highest BCUT2D eigenvalue weighted by Crippen LogP contribution is 2.39. The number of ether oxygens (including phenoxy) is 6. The maximum atomic E-state index is 13.2. The van der Waals surface area contributed by atoms with Crippen LogP contribution in [-0.2, 0) is 19.8 Å². The van der Waals surface area contributed by atoms with Gasteiger partial charge in [0.2, 0.25) is 0 Å². The van der Waals surface area contributed by atoms with E-state index in [9.17, 15) is 4.79 Å². The molecule has 0 aliphatic rings. The summed E-state index contributed by atoms with van der Waals surface area (Å²) in [5, 5.41) is 8.34. The van der Waals surface area contributed by atoms with Gasteiger partial charge < -0.3 is 33.4 Å². The van der Waals surface area contributed by atoms with Gasteiger partial charge in [0.1, 0.15) is 53.5 Å². The topological polar surface area (TPSA) is 132 Å². The lowest BCUT2D eigenvalue weighted by atomic mass is 10.0. The lowest BCUT2D eigenvalue weighted by Gasteiger charge is -2.17. The maximum Gasteiger partial charge on any atom is 0.281 e. The molecule has 2 heterocycles. The van der Waals surface area contributed by atoms with Crippen LogP contribution in [0, 0.1) is 0 Å². The summed E-state index contributed by atoms with van der Waals surface area (Å²) in [5.74, 6) is 4.43. The number of hydrogen-bond acceptors (Lipinski definition) is 10. The SMILES string of the molecule is CCOc1cc(-c2ccc(OCc3ccc(OC)cc3)cc2OCc2ccc(OC)cc2)ccc1-c1nc2c(nnn2Cc2ccc(OC)cc2)c(=O)[nH]1. The first-order valence-electron chi connectivity index (χ1n) is 17.3. The number of hydrogen-bond donors (Lipinski definition) is 1. The van der Waals surface area contributed by atoms with Crippen molar-refractivity contribution >= 4 is 11.2 Å². The van der Waals surface area contributed by atoms with E-state index >= 15 is 0 Å². The van der Waals surface area contributed by atoms with E-state index in [1.807, 2.05) is 116 Å². The minimum absolute atomic E-state index is 0.148. The molecule has 7 aromatic rings. The Bertz CT molecular complexity index is 2410. The summed E-state index contributed by atoms with van der Waals surface area (Å²) >= 11 is 0. The van der Waals surface area contributed by atoms with Crippen molar-refractivity contribution in [2.75, 3.05) is 27.9 Å². The Hall–Kier alpha value is -6.82. The average molecular weight is 726 g/mol. The molecule has 0 amide bonds. The molecule has 0 saturated heterocycles. The first-order chi connectivity index (χ1) is 26.4. The highest BCUT2D eigenvalue weighted by atomic mass is 16.5. The van der Waals surface area contributed by atoms with Gasteiger partial charge in [-0.15, -0.1) is 5.10 Å². The van der Waals surface area contributed by atoms with Crippen LogP contribution < -0.4 is 34.0 Å². The van der Waals surface area contributed by atoms with Crippen molar-refractivity contribution in [1.82, 2.24) is 25.0 Å². The van der Waals surface area contributed by atoms with Gasteiger partial charge in [-0.05, 0) is 89.8 Å². The Labute approximate surface area is 311 Å². The smallest absolute Gasteiger partial charge is 0.281 e. The van der Waals surface area contributed by atoms with Crippen molar-refractivity contribution in [2.45, 2.75) is 26.7 Å². The molecule has 1 N–H and O–H groups in total. The van der Waals surface area contributed by atoms with Crippen LogP contribution in [0.3, 0.4) is 0 Å². The zero-order chi connectivity index (χ0) is 37.4. The van der Waals surface area contributed by atoms with Gasteiger partial charge in [0.25, 0.3) is 5.56 Å². The summed E-state index contributed by atoms with van der Waals surface area (Å²) in [5.41, 5.74) is 5.30. The number of methoxy groups -OCH3 is 3. The molecule has 0 atom stereocenters. The minimum Gasteiger partial charge on any atom is -0.497 e. The highest BCUT2D eigenvalue weighted by molar-refractivity contribution is 5.79. The lowest BCUT2D eigenvalue weighted by Crippen LogP contribution is -2.12. The van der Waals surface area contributed by atoms with Crippen LogP contribution >= 0.6 is 0 Å². The monoisotopic (exact) mass is 725 g/mol. The van der Waals surface area contributed by atoms with Crippen molar-refractivity contribution in [3.05, 3.63) is 136 Å². The van der Waals surface area contributed by atoms with Crippen LogP contribution in [0.5, 0.6) is 34.5 Å². The first-order valence-corrected chi connectivity index (χ1v) is 17.3. The van der Waals surface area contributed by atoms with E-state index in [1.54, 1.807) is 26.0 Å². The van der Waals surface area contributed by atoms with Crippen molar-refractivity contribution < 1.29 is 28.4 Å². The van der Waals surface area contributed by atoms with Crippen LogP contribution in [-0.4, -0.2) is 52.9 Å². The predicted octanol–water partition coefficient (Wildman–Crippen LogP) is 7.48. The Balaban J connectivity index is 1.21. The number of aromatic nitrogens is 5. The average Bonchev–Trinajstić information content (AvgIpc) is 3.62. The Morgan fingerprint density at radius 3 is 1.78 bits per heavy atom. The molecule has 0 aliphatic carbocycles. The van der Waals surface area contributed by atoms with E-state index in [-0.39, 0.29) is 5.52 Å². The molecular weight excluding hydrogens is 686 g/mol. The molecule has 0 unspecified atom stereocenters. The second-order valence-corrected chi connectivity index (χ2v) is 12.3. The van der Waals surface area contributed by atoms with E-state index in [2.05, 4.69) is 15.3 Å². The molecule has 12 heteroatoms. The summed E-state index contributed by atoms with van der Waals surface area (Å²) in [6.07, 6.45) is 0. The van der Waals surface area contributed by atoms with E-state index in [0.29, 0.717) is 60.6 Å². The molecule has 0 fully saturated rings. The van der Waals surface area contributed by atoms with Crippen LogP contribution in [0.1, 0.15) is 23.6 Å². The van der Waals surface area contributed by atoms with Gasteiger partial charge in [-0.2, -0.15) is 0 Å². The minimum atomic E-state index is -0.401. The van der Waals surface area contributed by atoms with Crippen LogP contribution in [0.2, 0.25) is 0 Å². The van der Waals surface area contributed by atoms with Crippen molar-refractivity contribution in [3.8, 4) is 57.0 Å². The van der Waals surface area contributed by atoms with Crippen LogP contribution in [0.15, 0.2) is 114 Å². The van der Waals surface area contributed by atoms with Crippen molar-refractivity contribution in [3.63, 3.8) is 0 Å². The molecule has 54 heavy (non-hydrogen) atoms. The third-order valence-corrected chi connectivity index (χ3v) is 8.78. The summed E-state index contributed by atoms with van der Waals surface area (Å²) in [6, 6.07) is 34.6. The normalized spacial score (nSPS) is 11.0. The first kappa shape index (κ1) is 35.6. The molecule has 12 nitrogen and oxygen atoms in total. The number of nitrogens with one attached hydrogen (secondary N) is 1. The van der Waals surface area contributed by atoms with Crippen LogP contribution in [0.4, 0.5) is 0 Å². The molecular formula is C42H39N5O7. The molecule has 0 spiro atoms. The van der Waals surface area contributed by atoms with Crippen molar-refractivity contribution in [1.29, 1.82) is 0 Å². The van der Waals surface area contributed by atoms with E-state index in [0.717, 1.165) is 45.1 Å². The lowest BCUT2D eigenvalue weighted by molar-refractivity contribution is 0.290. The molecule has 0 bridgehead atoms.